The summed E-state index contributed by atoms with van der Waals surface area (Å²) in [5, 5.41) is 12.6. The smallest absolute Gasteiger partial charge is 0.0683 e. The van der Waals surface area contributed by atoms with Crippen molar-refractivity contribution in [1.82, 2.24) is 9.88 Å². The summed E-state index contributed by atoms with van der Waals surface area (Å²) in [5.74, 6) is 0.845. The summed E-state index contributed by atoms with van der Waals surface area (Å²) in [6.45, 7) is 8.33. The Morgan fingerprint density at radius 1 is 1.43 bits per heavy atom. The molecule has 1 aromatic rings. The molecule has 1 aromatic heterocycles. The van der Waals surface area contributed by atoms with Gasteiger partial charge >= 0.3 is 0 Å². The van der Waals surface area contributed by atoms with Crippen LogP contribution in [0.15, 0.2) is 18.5 Å². The van der Waals surface area contributed by atoms with Crippen LogP contribution in [0.25, 0.3) is 0 Å². The lowest BCUT2D eigenvalue weighted by atomic mass is 9.89. The predicted molar refractivity (Wildman–Crippen MR) is 86.8 cm³/mol. The van der Waals surface area contributed by atoms with E-state index in [1.807, 2.05) is 13.8 Å². The minimum absolute atomic E-state index is 0.177. The molecule has 2 rings (SSSR count). The van der Waals surface area contributed by atoms with Gasteiger partial charge in [-0.1, -0.05) is 13.3 Å². The summed E-state index contributed by atoms with van der Waals surface area (Å²) >= 11 is 0. The van der Waals surface area contributed by atoms with Crippen molar-refractivity contribution in [2.45, 2.75) is 65.5 Å². The zero-order valence-electron chi connectivity index (χ0n) is 13.7. The lowest BCUT2D eigenvalue weighted by molar-refractivity contribution is 0.416. The van der Waals surface area contributed by atoms with Crippen LogP contribution in [0, 0.1) is 22.7 Å². The summed E-state index contributed by atoms with van der Waals surface area (Å²) in [6, 6.07) is 5.20. The van der Waals surface area contributed by atoms with Gasteiger partial charge in [-0.3, -0.25) is 0 Å². The van der Waals surface area contributed by atoms with Crippen LogP contribution in [-0.2, 0) is 6.54 Å². The first-order valence-corrected chi connectivity index (χ1v) is 8.36. The second-order valence-electron chi connectivity index (χ2n) is 7.01. The average Bonchev–Trinajstić information content (AvgIpc) is 3.20. The molecule has 21 heavy (non-hydrogen) atoms. The molecule has 1 N–H and O–H groups in total. The van der Waals surface area contributed by atoms with Crippen LogP contribution in [0.5, 0.6) is 0 Å². The van der Waals surface area contributed by atoms with E-state index in [9.17, 15) is 0 Å². The van der Waals surface area contributed by atoms with E-state index >= 15 is 0 Å². The molecule has 1 saturated carbocycles. The first kappa shape index (κ1) is 16.1. The number of hydrogen-bond donors (Lipinski definition) is 1. The van der Waals surface area contributed by atoms with Crippen LogP contribution in [0.3, 0.4) is 0 Å². The Balaban J connectivity index is 1.79. The van der Waals surface area contributed by atoms with Crippen LogP contribution in [0.4, 0.5) is 0 Å². The van der Waals surface area contributed by atoms with Crippen molar-refractivity contribution in [2.24, 2.45) is 11.3 Å². The molecule has 0 radical (unpaired) electrons. The molecule has 0 aliphatic heterocycles. The summed E-state index contributed by atoms with van der Waals surface area (Å²) in [5.41, 5.74) is 1.26. The minimum Gasteiger partial charge on any atom is -0.354 e. The number of nitrogens with zero attached hydrogens (tertiary/aromatic N) is 2. The average molecular weight is 287 g/mol. The van der Waals surface area contributed by atoms with Gasteiger partial charge in [0.2, 0.25) is 0 Å². The maximum Gasteiger partial charge on any atom is 0.0683 e. The van der Waals surface area contributed by atoms with Gasteiger partial charge in [0.25, 0.3) is 0 Å². The number of nitriles is 1. The Morgan fingerprint density at radius 3 is 2.81 bits per heavy atom. The fourth-order valence-corrected chi connectivity index (χ4v) is 2.91. The van der Waals surface area contributed by atoms with Crippen LogP contribution in [0.1, 0.15) is 64.5 Å². The van der Waals surface area contributed by atoms with Crippen molar-refractivity contribution in [3.63, 3.8) is 0 Å². The van der Waals surface area contributed by atoms with E-state index in [0.717, 1.165) is 38.3 Å². The number of nitrogens with one attached hydrogen (secondary N) is 1. The molecule has 0 saturated heterocycles. The molecule has 0 aromatic carbocycles. The number of hydrogen-bond acceptors (Lipinski definition) is 2. The van der Waals surface area contributed by atoms with E-state index in [1.54, 1.807) is 0 Å². The third-order valence-corrected chi connectivity index (χ3v) is 4.42. The number of unbranched alkanes of at least 4 members (excludes halogenated alkanes) is 1. The van der Waals surface area contributed by atoms with Gasteiger partial charge in [-0.05, 0) is 63.6 Å². The Hall–Kier alpha value is -1.27. The fourth-order valence-electron chi connectivity index (χ4n) is 2.91. The van der Waals surface area contributed by atoms with E-state index in [0.29, 0.717) is 6.04 Å². The highest BCUT2D eigenvalue weighted by Crippen LogP contribution is 2.41. The topological polar surface area (TPSA) is 40.8 Å². The zero-order valence-corrected chi connectivity index (χ0v) is 13.7. The predicted octanol–water partition coefficient (Wildman–Crippen LogP) is 4.27. The third kappa shape index (κ3) is 4.89. The summed E-state index contributed by atoms with van der Waals surface area (Å²) in [4.78, 5) is 0. The summed E-state index contributed by atoms with van der Waals surface area (Å²) in [7, 11) is 0. The van der Waals surface area contributed by atoms with E-state index in [2.05, 4.69) is 41.3 Å². The largest absolute Gasteiger partial charge is 0.354 e. The van der Waals surface area contributed by atoms with Crippen LogP contribution in [0.2, 0.25) is 0 Å². The lowest BCUT2D eigenvalue weighted by Gasteiger charge is -2.16. The van der Waals surface area contributed by atoms with Crippen molar-refractivity contribution in [1.29, 1.82) is 5.26 Å². The van der Waals surface area contributed by atoms with Gasteiger partial charge in [0, 0.05) is 25.0 Å². The van der Waals surface area contributed by atoms with Crippen molar-refractivity contribution >= 4 is 0 Å². The number of aromatic nitrogens is 1. The Morgan fingerprint density at radius 2 is 2.19 bits per heavy atom. The molecule has 0 spiro atoms. The Kier molecular flexibility index (Phi) is 5.47. The molecule has 3 nitrogen and oxygen atoms in total. The first-order chi connectivity index (χ1) is 10.1. The van der Waals surface area contributed by atoms with Crippen molar-refractivity contribution in [3.05, 3.63) is 24.0 Å². The maximum atomic E-state index is 9.02. The standard InChI is InChI=1S/C18H29N3/c1-4-20-17(15-7-8-15)16-9-12-21(13-16)11-6-5-10-18(2,3)14-19/h9,12-13,15,17,20H,4-8,10-11H2,1-3H3. The molecule has 3 heteroatoms. The molecule has 1 atom stereocenters. The third-order valence-electron chi connectivity index (χ3n) is 4.42. The van der Waals surface area contributed by atoms with Gasteiger partial charge in [-0.15, -0.1) is 0 Å². The van der Waals surface area contributed by atoms with Gasteiger partial charge < -0.3 is 9.88 Å². The number of aryl methyl sites for hydroxylation is 1. The first-order valence-electron chi connectivity index (χ1n) is 8.36. The Labute approximate surface area is 129 Å². The van der Waals surface area contributed by atoms with E-state index < -0.39 is 0 Å². The van der Waals surface area contributed by atoms with E-state index in [-0.39, 0.29) is 5.41 Å². The van der Waals surface area contributed by atoms with Gasteiger partial charge in [0.1, 0.15) is 0 Å². The second kappa shape index (κ2) is 7.13. The van der Waals surface area contributed by atoms with Gasteiger partial charge in [0.05, 0.1) is 11.5 Å². The molecule has 0 amide bonds. The molecule has 1 unspecified atom stereocenters. The van der Waals surface area contributed by atoms with E-state index in [4.69, 9.17) is 5.26 Å². The highest BCUT2D eigenvalue weighted by molar-refractivity contribution is 5.18. The van der Waals surface area contributed by atoms with Crippen molar-refractivity contribution < 1.29 is 0 Å². The van der Waals surface area contributed by atoms with Crippen LogP contribution < -0.4 is 5.32 Å². The zero-order chi connectivity index (χ0) is 15.3. The van der Waals surface area contributed by atoms with Crippen LogP contribution >= 0.6 is 0 Å². The molecule has 1 aliphatic carbocycles. The highest BCUT2D eigenvalue weighted by Gasteiger charge is 2.31. The lowest BCUT2D eigenvalue weighted by Crippen LogP contribution is -2.22. The maximum absolute atomic E-state index is 9.02. The second-order valence-corrected chi connectivity index (χ2v) is 7.01. The van der Waals surface area contributed by atoms with Gasteiger partial charge in [-0.2, -0.15) is 5.26 Å². The molecular weight excluding hydrogens is 258 g/mol. The summed E-state index contributed by atoms with van der Waals surface area (Å²) in [6.07, 6.45) is 10.5. The SMILES string of the molecule is CCNC(c1ccn(CCCCC(C)(C)C#N)c1)C1CC1. The quantitative estimate of drug-likeness (QED) is 0.689. The molecule has 0 bridgehead atoms. The van der Waals surface area contributed by atoms with Crippen LogP contribution in [-0.4, -0.2) is 11.1 Å². The highest BCUT2D eigenvalue weighted by atomic mass is 15.0. The fraction of sp³-hybridized carbons (Fsp3) is 0.722. The Bertz CT molecular complexity index is 477. The molecule has 1 fully saturated rings. The van der Waals surface area contributed by atoms with Crippen molar-refractivity contribution in [3.8, 4) is 6.07 Å². The molecule has 116 valence electrons. The minimum atomic E-state index is -0.177. The normalized spacial score (nSPS) is 16.7. The van der Waals surface area contributed by atoms with Crippen molar-refractivity contribution in [2.75, 3.05) is 6.54 Å². The van der Waals surface area contributed by atoms with E-state index in [1.165, 1.54) is 18.4 Å². The van der Waals surface area contributed by atoms with Gasteiger partial charge in [-0.25, -0.2) is 0 Å². The molecule has 1 heterocycles. The van der Waals surface area contributed by atoms with Gasteiger partial charge in [0.15, 0.2) is 0 Å². The molecule has 1 aliphatic rings. The molecular formula is C18H29N3. The summed E-state index contributed by atoms with van der Waals surface area (Å²) < 4.78 is 2.31. The monoisotopic (exact) mass is 287 g/mol. The number of rotatable bonds is 9.